The van der Waals surface area contributed by atoms with E-state index >= 15 is 0 Å². The molecule has 0 spiro atoms. The van der Waals surface area contributed by atoms with Crippen LogP contribution in [0.25, 0.3) is 0 Å². The number of hydrogen-bond acceptors (Lipinski definition) is 6. The van der Waals surface area contributed by atoms with Crippen LogP contribution in [0.2, 0.25) is 5.02 Å². The fraction of sp³-hybridized carbons (Fsp3) is 0.231. The Labute approximate surface area is 121 Å². The van der Waals surface area contributed by atoms with E-state index in [9.17, 15) is 5.11 Å². The van der Waals surface area contributed by atoms with Crippen molar-refractivity contribution in [1.82, 2.24) is 9.97 Å². The zero-order valence-corrected chi connectivity index (χ0v) is 11.8. The Morgan fingerprint density at radius 1 is 1.30 bits per heavy atom. The Kier molecular flexibility index (Phi) is 4.26. The van der Waals surface area contributed by atoms with Gasteiger partial charge in [0, 0.05) is 16.3 Å². The minimum Gasteiger partial charge on any atom is -0.480 e. The highest BCUT2D eigenvalue weighted by Crippen LogP contribution is 2.32. The Bertz CT molecular complexity index is 622. The summed E-state index contributed by atoms with van der Waals surface area (Å²) in [6.45, 7) is 0. The molecule has 0 bridgehead atoms. The van der Waals surface area contributed by atoms with Crippen molar-refractivity contribution in [2.75, 3.05) is 20.0 Å². The van der Waals surface area contributed by atoms with Crippen LogP contribution in [0, 0.1) is 0 Å². The van der Waals surface area contributed by atoms with E-state index in [2.05, 4.69) is 9.97 Å². The molecule has 0 radical (unpaired) electrons. The van der Waals surface area contributed by atoms with Crippen LogP contribution >= 0.6 is 11.6 Å². The largest absolute Gasteiger partial charge is 0.480 e. The van der Waals surface area contributed by atoms with Gasteiger partial charge in [0.1, 0.15) is 11.8 Å². The van der Waals surface area contributed by atoms with Crippen LogP contribution in [0.15, 0.2) is 24.4 Å². The van der Waals surface area contributed by atoms with E-state index in [0.29, 0.717) is 22.2 Å². The lowest BCUT2D eigenvalue weighted by molar-refractivity contribution is 0.207. The fourth-order valence-electron chi connectivity index (χ4n) is 1.74. The molecule has 0 aliphatic carbocycles. The van der Waals surface area contributed by atoms with Crippen molar-refractivity contribution in [3.05, 3.63) is 40.7 Å². The third kappa shape index (κ3) is 2.76. The third-order valence-electron chi connectivity index (χ3n) is 2.75. The van der Waals surface area contributed by atoms with Crippen LogP contribution in [0.1, 0.15) is 17.4 Å². The zero-order chi connectivity index (χ0) is 14.7. The highest BCUT2D eigenvalue weighted by atomic mass is 35.5. The number of aliphatic hydroxyl groups is 1. The Hall–Kier alpha value is -2.05. The molecule has 0 aliphatic heterocycles. The number of nitrogens with two attached hydrogens (primary N) is 1. The molecule has 106 valence electrons. The average Bonchev–Trinajstić information content (AvgIpc) is 2.46. The quantitative estimate of drug-likeness (QED) is 0.836. The molecule has 0 saturated carbocycles. The van der Waals surface area contributed by atoms with Gasteiger partial charge in [0.05, 0.1) is 20.4 Å². The van der Waals surface area contributed by atoms with Crippen LogP contribution < -0.4 is 15.2 Å². The minimum absolute atomic E-state index is 0.172. The van der Waals surface area contributed by atoms with Crippen molar-refractivity contribution in [3.63, 3.8) is 0 Å². The maximum absolute atomic E-state index is 10.4. The first-order valence-corrected chi connectivity index (χ1v) is 6.12. The van der Waals surface area contributed by atoms with Crippen molar-refractivity contribution in [1.29, 1.82) is 0 Å². The van der Waals surface area contributed by atoms with E-state index in [1.807, 2.05) is 0 Å². The molecular formula is C13H14ClN3O3. The van der Waals surface area contributed by atoms with Gasteiger partial charge in [0.25, 0.3) is 0 Å². The van der Waals surface area contributed by atoms with E-state index in [4.69, 9.17) is 26.8 Å². The molecule has 20 heavy (non-hydrogen) atoms. The molecule has 0 amide bonds. The SMILES string of the molecule is COc1cnc(C(O)c2ccc(Cl)cc2N)c(OC)n1. The van der Waals surface area contributed by atoms with Gasteiger partial charge in [-0.05, 0) is 12.1 Å². The van der Waals surface area contributed by atoms with Gasteiger partial charge in [0.2, 0.25) is 11.8 Å². The second-order valence-corrected chi connectivity index (χ2v) is 4.42. The zero-order valence-electron chi connectivity index (χ0n) is 11.0. The summed E-state index contributed by atoms with van der Waals surface area (Å²) in [4.78, 5) is 8.18. The van der Waals surface area contributed by atoms with Gasteiger partial charge in [-0.3, -0.25) is 0 Å². The number of anilines is 1. The lowest BCUT2D eigenvalue weighted by Gasteiger charge is -2.15. The van der Waals surface area contributed by atoms with E-state index in [1.165, 1.54) is 20.4 Å². The Morgan fingerprint density at radius 3 is 2.65 bits per heavy atom. The van der Waals surface area contributed by atoms with Crippen molar-refractivity contribution >= 4 is 17.3 Å². The molecule has 2 rings (SSSR count). The molecule has 1 aromatic carbocycles. The monoisotopic (exact) mass is 295 g/mol. The molecule has 1 heterocycles. The predicted octanol–water partition coefficient (Wildman–Crippen LogP) is 1.81. The molecule has 0 fully saturated rings. The summed E-state index contributed by atoms with van der Waals surface area (Å²) in [5.41, 5.74) is 6.95. The molecule has 2 aromatic rings. The van der Waals surface area contributed by atoms with Gasteiger partial charge in [-0.15, -0.1) is 0 Å². The maximum atomic E-state index is 10.4. The topological polar surface area (TPSA) is 90.5 Å². The molecule has 0 saturated heterocycles. The van der Waals surface area contributed by atoms with Crippen LogP contribution in [-0.4, -0.2) is 29.3 Å². The first-order chi connectivity index (χ1) is 9.56. The van der Waals surface area contributed by atoms with E-state index in [0.717, 1.165) is 0 Å². The average molecular weight is 296 g/mol. The van der Waals surface area contributed by atoms with Gasteiger partial charge >= 0.3 is 0 Å². The molecule has 1 unspecified atom stereocenters. The van der Waals surface area contributed by atoms with E-state index in [1.54, 1.807) is 18.2 Å². The van der Waals surface area contributed by atoms with Crippen molar-refractivity contribution < 1.29 is 14.6 Å². The van der Waals surface area contributed by atoms with Crippen LogP contribution in [0.4, 0.5) is 5.69 Å². The summed E-state index contributed by atoms with van der Waals surface area (Å²) in [6.07, 6.45) is 0.327. The van der Waals surface area contributed by atoms with Crippen LogP contribution in [0.5, 0.6) is 11.8 Å². The van der Waals surface area contributed by atoms with E-state index in [-0.39, 0.29) is 11.6 Å². The molecule has 6 nitrogen and oxygen atoms in total. The number of benzene rings is 1. The number of methoxy groups -OCH3 is 2. The summed E-state index contributed by atoms with van der Waals surface area (Å²) >= 11 is 5.83. The molecular weight excluding hydrogens is 282 g/mol. The summed E-state index contributed by atoms with van der Waals surface area (Å²) in [5.74, 6) is 0.466. The highest BCUT2D eigenvalue weighted by molar-refractivity contribution is 6.30. The van der Waals surface area contributed by atoms with Gasteiger partial charge < -0.3 is 20.3 Å². The summed E-state index contributed by atoms with van der Waals surface area (Å²) in [6, 6.07) is 4.83. The second kappa shape index (κ2) is 5.94. The standard InChI is InChI=1S/C13H14ClN3O3/c1-19-10-6-16-11(13(17-10)20-2)12(18)8-4-3-7(14)5-9(8)15/h3-6,12,18H,15H2,1-2H3. The van der Waals surface area contributed by atoms with Crippen LogP contribution in [-0.2, 0) is 0 Å². The summed E-state index contributed by atoms with van der Waals surface area (Å²) in [7, 11) is 2.90. The second-order valence-electron chi connectivity index (χ2n) is 3.98. The first-order valence-electron chi connectivity index (χ1n) is 5.74. The van der Waals surface area contributed by atoms with Gasteiger partial charge in [-0.25, -0.2) is 4.98 Å². The summed E-state index contributed by atoms with van der Waals surface area (Å²) in [5, 5.41) is 10.9. The lowest BCUT2D eigenvalue weighted by atomic mass is 10.0. The number of nitrogen functional groups attached to an aromatic ring is 1. The molecule has 3 N–H and O–H groups in total. The highest BCUT2D eigenvalue weighted by Gasteiger charge is 2.21. The molecule has 1 aromatic heterocycles. The Balaban J connectivity index is 2.44. The summed E-state index contributed by atoms with van der Waals surface area (Å²) < 4.78 is 10.1. The number of aromatic nitrogens is 2. The number of ether oxygens (including phenoxy) is 2. The molecule has 0 aliphatic rings. The van der Waals surface area contributed by atoms with Crippen molar-refractivity contribution in [3.8, 4) is 11.8 Å². The number of halogens is 1. The van der Waals surface area contributed by atoms with Gasteiger partial charge in [0.15, 0.2) is 0 Å². The number of hydrogen-bond donors (Lipinski definition) is 2. The van der Waals surface area contributed by atoms with Gasteiger partial charge in [-0.2, -0.15) is 4.98 Å². The normalized spacial score (nSPS) is 12.0. The van der Waals surface area contributed by atoms with Gasteiger partial charge in [-0.1, -0.05) is 17.7 Å². The van der Waals surface area contributed by atoms with E-state index < -0.39 is 6.10 Å². The molecule has 7 heteroatoms. The molecule has 1 atom stereocenters. The fourth-order valence-corrected chi connectivity index (χ4v) is 1.92. The number of nitrogens with zero attached hydrogens (tertiary/aromatic N) is 2. The number of rotatable bonds is 4. The van der Waals surface area contributed by atoms with Crippen LogP contribution in [0.3, 0.4) is 0 Å². The third-order valence-corrected chi connectivity index (χ3v) is 2.98. The Morgan fingerprint density at radius 2 is 2.05 bits per heavy atom. The maximum Gasteiger partial charge on any atom is 0.241 e. The van der Waals surface area contributed by atoms with Crippen molar-refractivity contribution in [2.45, 2.75) is 6.10 Å². The number of aliphatic hydroxyl groups excluding tert-OH is 1. The smallest absolute Gasteiger partial charge is 0.241 e. The first kappa shape index (κ1) is 14.4. The minimum atomic E-state index is -1.07. The van der Waals surface area contributed by atoms with Crippen molar-refractivity contribution in [2.24, 2.45) is 0 Å². The predicted molar refractivity (Wildman–Crippen MR) is 75.1 cm³/mol. The lowest BCUT2D eigenvalue weighted by Crippen LogP contribution is -2.09.